The van der Waals surface area contributed by atoms with Gasteiger partial charge in [0, 0.05) is 0 Å². The summed E-state index contributed by atoms with van der Waals surface area (Å²) in [5, 5.41) is 0. The van der Waals surface area contributed by atoms with E-state index in [4.69, 9.17) is 25.0 Å². The minimum absolute atomic E-state index is 0.113. The molecule has 0 saturated carbocycles. The van der Waals surface area contributed by atoms with Crippen molar-refractivity contribution in [1.82, 2.24) is 0 Å². The maximum atomic E-state index is 11.2. The molecule has 0 aromatic heterocycles. The highest BCUT2D eigenvalue weighted by molar-refractivity contribution is 7.86. The van der Waals surface area contributed by atoms with Crippen molar-refractivity contribution in [3.8, 4) is 5.75 Å². The molecule has 92 valence electrons. The standard InChI is InChI=1S/C10H10B2O5S/c11-4-7-1-2-9(8(3-7)5-12)17-10(13)6-18(14,15)16/h1-3H,4-6H2,(H,14,15,16). The minimum Gasteiger partial charge on any atom is -0.425 e. The zero-order chi connectivity index (χ0) is 13.8. The van der Waals surface area contributed by atoms with Gasteiger partial charge in [-0.25, -0.2) is 0 Å². The lowest BCUT2D eigenvalue weighted by Crippen LogP contribution is -2.20. The third kappa shape index (κ3) is 4.54. The highest BCUT2D eigenvalue weighted by Crippen LogP contribution is 2.20. The van der Waals surface area contributed by atoms with Crippen LogP contribution in [-0.2, 0) is 27.6 Å². The predicted molar refractivity (Wildman–Crippen MR) is 67.4 cm³/mol. The van der Waals surface area contributed by atoms with Crippen LogP contribution in [0.3, 0.4) is 0 Å². The fourth-order valence-corrected chi connectivity index (χ4v) is 1.68. The van der Waals surface area contributed by atoms with E-state index in [0.717, 1.165) is 5.56 Å². The van der Waals surface area contributed by atoms with Crippen molar-refractivity contribution < 1.29 is 22.5 Å². The lowest BCUT2D eigenvalue weighted by atomic mass is 9.90. The van der Waals surface area contributed by atoms with E-state index in [1.165, 1.54) is 6.07 Å². The maximum absolute atomic E-state index is 11.2. The van der Waals surface area contributed by atoms with Gasteiger partial charge in [0.15, 0.2) is 5.75 Å². The molecule has 0 aliphatic rings. The highest BCUT2D eigenvalue weighted by atomic mass is 32.2. The van der Waals surface area contributed by atoms with E-state index in [1.54, 1.807) is 12.1 Å². The molecular formula is C10H10B2O5S. The second-order valence-corrected chi connectivity index (χ2v) is 5.00. The molecule has 5 nitrogen and oxygen atoms in total. The van der Waals surface area contributed by atoms with Crippen LogP contribution in [0.25, 0.3) is 0 Å². The summed E-state index contributed by atoms with van der Waals surface area (Å²) < 4.78 is 34.3. The minimum atomic E-state index is -4.40. The molecule has 0 unspecified atom stereocenters. The number of hydrogen-bond donors (Lipinski definition) is 1. The molecule has 0 aliphatic heterocycles. The molecule has 0 fully saturated rings. The fourth-order valence-electron chi connectivity index (χ4n) is 1.32. The van der Waals surface area contributed by atoms with Gasteiger partial charge < -0.3 is 4.74 Å². The van der Waals surface area contributed by atoms with Crippen molar-refractivity contribution in [3.05, 3.63) is 29.3 Å². The van der Waals surface area contributed by atoms with Crippen LogP contribution < -0.4 is 4.74 Å². The first-order valence-electron chi connectivity index (χ1n) is 5.03. The van der Waals surface area contributed by atoms with Crippen LogP contribution in [0.4, 0.5) is 0 Å². The van der Waals surface area contributed by atoms with Gasteiger partial charge in [-0.1, -0.05) is 30.3 Å². The van der Waals surface area contributed by atoms with Crippen molar-refractivity contribution in [3.63, 3.8) is 0 Å². The van der Waals surface area contributed by atoms with Crippen molar-refractivity contribution in [2.75, 3.05) is 5.75 Å². The Labute approximate surface area is 108 Å². The van der Waals surface area contributed by atoms with Gasteiger partial charge in [0.25, 0.3) is 10.1 Å². The van der Waals surface area contributed by atoms with E-state index < -0.39 is 21.8 Å². The third-order valence-electron chi connectivity index (χ3n) is 2.10. The number of rotatable bonds is 5. The van der Waals surface area contributed by atoms with Gasteiger partial charge in [-0.3, -0.25) is 9.35 Å². The molecule has 1 aromatic carbocycles. The average molecular weight is 264 g/mol. The fraction of sp³-hybridized carbons (Fsp3) is 0.300. The largest absolute Gasteiger partial charge is 0.425 e. The topological polar surface area (TPSA) is 80.7 Å². The molecular weight excluding hydrogens is 254 g/mol. The van der Waals surface area contributed by atoms with E-state index in [1.807, 2.05) is 0 Å². The van der Waals surface area contributed by atoms with Crippen LogP contribution in [0.2, 0.25) is 0 Å². The third-order valence-corrected chi connectivity index (χ3v) is 2.71. The van der Waals surface area contributed by atoms with Crippen LogP contribution in [0.5, 0.6) is 5.75 Å². The van der Waals surface area contributed by atoms with Crippen molar-refractivity contribution in [2.24, 2.45) is 0 Å². The Bertz CT molecular complexity index is 541. The van der Waals surface area contributed by atoms with Gasteiger partial charge in [-0.05, 0) is 11.6 Å². The van der Waals surface area contributed by atoms with Gasteiger partial charge in [-0.2, -0.15) is 8.42 Å². The molecule has 1 N–H and O–H groups in total. The number of hydrogen-bond acceptors (Lipinski definition) is 4. The molecule has 0 heterocycles. The lowest BCUT2D eigenvalue weighted by molar-refractivity contribution is -0.131. The predicted octanol–water partition coefficient (Wildman–Crippen LogP) is -0.183. The van der Waals surface area contributed by atoms with E-state index >= 15 is 0 Å². The summed E-state index contributed by atoms with van der Waals surface area (Å²) in [7, 11) is 6.52. The molecule has 1 aromatic rings. The Balaban J connectivity index is 2.87. The molecule has 0 spiro atoms. The molecule has 0 bridgehead atoms. The monoisotopic (exact) mass is 264 g/mol. The van der Waals surface area contributed by atoms with Crippen LogP contribution in [0.1, 0.15) is 11.1 Å². The van der Waals surface area contributed by atoms with Crippen LogP contribution in [0.15, 0.2) is 18.2 Å². The number of carbonyl (C=O) groups is 1. The van der Waals surface area contributed by atoms with Crippen LogP contribution >= 0.6 is 0 Å². The van der Waals surface area contributed by atoms with E-state index in [0.29, 0.717) is 11.9 Å². The molecule has 8 heteroatoms. The second-order valence-electron chi connectivity index (χ2n) is 3.55. The number of carbonyl (C=O) groups excluding carboxylic acids is 1. The van der Waals surface area contributed by atoms with Crippen molar-refractivity contribution >= 4 is 31.8 Å². The quantitative estimate of drug-likeness (QED) is 0.345. The average Bonchev–Trinajstić information content (AvgIpc) is 2.27. The summed E-state index contributed by atoms with van der Waals surface area (Å²) in [6.45, 7) is 0. The number of benzene rings is 1. The van der Waals surface area contributed by atoms with Crippen LogP contribution in [-0.4, -0.2) is 40.4 Å². The number of esters is 1. The van der Waals surface area contributed by atoms with Crippen LogP contribution in [0, 0.1) is 0 Å². The van der Waals surface area contributed by atoms with Gasteiger partial charge in [0.1, 0.15) is 5.75 Å². The first kappa shape index (κ1) is 14.8. The zero-order valence-corrected chi connectivity index (χ0v) is 10.3. The Kier molecular flexibility index (Phi) is 4.98. The zero-order valence-electron chi connectivity index (χ0n) is 9.50. The Hall–Kier alpha value is -1.27. The first-order valence-corrected chi connectivity index (χ1v) is 6.64. The lowest BCUT2D eigenvalue weighted by Gasteiger charge is -2.10. The van der Waals surface area contributed by atoms with Crippen molar-refractivity contribution in [1.29, 1.82) is 0 Å². The summed E-state index contributed by atoms with van der Waals surface area (Å²) in [4.78, 5) is 11.2. The molecule has 1 rings (SSSR count). The Morgan fingerprint density at radius 3 is 2.44 bits per heavy atom. The molecule has 4 radical (unpaired) electrons. The van der Waals surface area contributed by atoms with E-state index in [-0.39, 0.29) is 12.1 Å². The Morgan fingerprint density at radius 2 is 1.94 bits per heavy atom. The summed E-state index contributed by atoms with van der Waals surface area (Å²) in [6, 6.07) is 4.78. The highest BCUT2D eigenvalue weighted by Gasteiger charge is 2.16. The molecule has 0 aliphatic carbocycles. The maximum Gasteiger partial charge on any atom is 0.329 e. The summed E-state index contributed by atoms with van der Waals surface area (Å²) >= 11 is 0. The SMILES string of the molecule is [B]Cc1ccc(OC(=O)CS(=O)(=O)O)c(C[B])c1. The molecule has 0 atom stereocenters. The molecule has 18 heavy (non-hydrogen) atoms. The van der Waals surface area contributed by atoms with Gasteiger partial charge >= 0.3 is 5.97 Å². The van der Waals surface area contributed by atoms with Gasteiger partial charge in [0.2, 0.25) is 0 Å². The van der Waals surface area contributed by atoms with Crippen molar-refractivity contribution in [2.45, 2.75) is 12.6 Å². The smallest absolute Gasteiger partial charge is 0.329 e. The summed E-state index contributed by atoms with van der Waals surface area (Å²) in [6.07, 6.45) is 0.425. The van der Waals surface area contributed by atoms with E-state index in [2.05, 4.69) is 0 Å². The normalized spacial score (nSPS) is 11.2. The first-order chi connectivity index (χ1) is 8.35. The summed E-state index contributed by atoms with van der Waals surface area (Å²) in [5.74, 6) is -2.02. The van der Waals surface area contributed by atoms with Gasteiger partial charge in [-0.15, -0.1) is 0 Å². The second kappa shape index (κ2) is 6.06. The summed E-state index contributed by atoms with van der Waals surface area (Å²) in [5.41, 5.74) is 1.34. The van der Waals surface area contributed by atoms with Gasteiger partial charge in [0.05, 0.1) is 15.7 Å². The molecule has 0 saturated heterocycles. The Morgan fingerprint density at radius 1 is 1.28 bits per heavy atom. The molecule has 0 amide bonds. The number of ether oxygens (including phenoxy) is 1. The van der Waals surface area contributed by atoms with E-state index in [9.17, 15) is 13.2 Å².